The second kappa shape index (κ2) is 4.84. The molecule has 0 spiro atoms. The second-order valence-electron chi connectivity index (χ2n) is 5.94. The quantitative estimate of drug-likeness (QED) is 0.752. The van der Waals surface area contributed by atoms with Gasteiger partial charge < -0.3 is 4.74 Å². The van der Waals surface area contributed by atoms with Crippen molar-refractivity contribution in [1.29, 1.82) is 0 Å². The summed E-state index contributed by atoms with van der Waals surface area (Å²) in [4.78, 5) is 12.4. The van der Waals surface area contributed by atoms with Crippen molar-refractivity contribution in [3.63, 3.8) is 0 Å². The molecule has 3 atom stereocenters. The summed E-state index contributed by atoms with van der Waals surface area (Å²) in [7, 11) is 0. The van der Waals surface area contributed by atoms with Crippen molar-refractivity contribution in [2.24, 2.45) is 17.3 Å². The van der Waals surface area contributed by atoms with E-state index in [1.165, 1.54) is 6.42 Å². The summed E-state index contributed by atoms with van der Waals surface area (Å²) < 4.78 is 5.62. The zero-order valence-electron chi connectivity index (χ0n) is 11.3. The summed E-state index contributed by atoms with van der Waals surface area (Å²) in [6.45, 7) is 2.62. The van der Waals surface area contributed by atoms with Crippen LogP contribution in [0.15, 0.2) is 42.5 Å². The van der Waals surface area contributed by atoms with Crippen LogP contribution in [0.2, 0.25) is 0 Å². The monoisotopic (exact) mass is 256 g/mol. The van der Waals surface area contributed by atoms with Crippen molar-refractivity contribution in [1.82, 2.24) is 0 Å². The molecule has 2 heteroatoms. The van der Waals surface area contributed by atoms with Gasteiger partial charge in [-0.1, -0.05) is 37.3 Å². The number of hydrogen-bond donors (Lipinski definition) is 0. The maximum atomic E-state index is 12.4. The van der Waals surface area contributed by atoms with Gasteiger partial charge in [0.25, 0.3) is 0 Å². The molecule has 100 valence electrons. The van der Waals surface area contributed by atoms with E-state index in [0.717, 1.165) is 12.2 Å². The van der Waals surface area contributed by atoms with Crippen molar-refractivity contribution in [3.8, 4) is 5.75 Å². The van der Waals surface area contributed by atoms with Gasteiger partial charge in [0.15, 0.2) is 0 Å². The number of rotatable bonds is 5. The summed E-state index contributed by atoms with van der Waals surface area (Å²) in [5.41, 5.74) is -0.139. The largest absolute Gasteiger partial charge is 0.493 e. The molecule has 1 aromatic carbocycles. The summed E-state index contributed by atoms with van der Waals surface area (Å²) in [6.07, 6.45) is 7.23. The number of ether oxygens (including phenoxy) is 1. The fourth-order valence-corrected chi connectivity index (χ4v) is 3.48. The number of para-hydroxylation sites is 1. The first kappa shape index (κ1) is 12.5. The van der Waals surface area contributed by atoms with E-state index in [1.54, 1.807) is 0 Å². The molecule has 0 amide bonds. The van der Waals surface area contributed by atoms with Gasteiger partial charge in [0.05, 0.1) is 6.61 Å². The molecule has 0 radical (unpaired) electrons. The molecule has 1 saturated carbocycles. The lowest BCUT2D eigenvalue weighted by Crippen LogP contribution is -2.33. The molecule has 0 heterocycles. The van der Waals surface area contributed by atoms with Crippen molar-refractivity contribution in [2.45, 2.75) is 26.2 Å². The van der Waals surface area contributed by atoms with Gasteiger partial charge in [0.1, 0.15) is 11.5 Å². The summed E-state index contributed by atoms with van der Waals surface area (Å²) >= 11 is 0. The molecule has 1 fully saturated rings. The first-order valence-electron chi connectivity index (χ1n) is 7.08. The first-order valence-corrected chi connectivity index (χ1v) is 7.08. The summed E-state index contributed by atoms with van der Waals surface area (Å²) in [5.74, 6) is 2.30. The number of Topliss-reactive ketones (excluding diaryl/α,β-unsaturated/α-hetero) is 1. The van der Waals surface area contributed by atoms with Gasteiger partial charge >= 0.3 is 0 Å². The smallest absolute Gasteiger partial charge is 0.142 e. The Kier molecular flexibility index (Phi) is 3.17. The van der Waals surface area contributed by atoms with Crippen molar-refractivity contribution >= 4 is 5.78 Å². The van der Waals surface area contributed by atoms with E-state index in [1.807, 2.05) is 30.3 Å². The predicted molar refractivity (Wildman–Crippen MR) is 75.0 cm³/mol. The minimum atomic E-state index is -0.139. The van der Waals surface area contributed by atoms with E-state index < -0.39 is 0 Å². The maximum Gasteiger partial charge on any atom is 0.142 e. The predicted octanol–water partition coefficient (Wildman–Crippen LogP) is 3.63. The topological polar surface area (TPSA) is 26.3 Å². The number of fused-ring (bicyclic) bond motifs is 2. The first-order chi connectivity index (χ1) is 9.18. The maximum absolute atomic E-state index is 12.4. The number of ketones is 1. The average molecular weight is 256 g/mol. The van der Waals surface area contributed by atoms with Crippen LogP contribution in [0, 0.1) is 17.3 Å². The van der Waals surface area contributed by atoms with E-state index in [0.29, 0.717) is 30.6 Å². The number of allylic oxidation sites excluding steroid dienone is 2. The Labute approximate surface area is 114 Å². The lowest BCUT2D eigenvalue weighted by Gasteiger charge is -2.29. The highest BCUT2D eigenvalue weighted by Crippen LogP contribution is 2.52. The average Bonchev–Trinajstić information content (AvgIpc) is 3.00. The van der Waals surface area contributed by atoms with Crippen LogP contribution in [0.4, 0.5) is 0 Å². The normalized spacial score (nSPS) is 31.6. The number of hydrogen-bond acceptors (Lipinski definition) is 2. The van der Waals surface area contributed by atoms with Crippen molar-refractivity contribution in [3.05, 3.63) is 42.5 Å². The van der Waals surface area contributed by atoms with E-state index in [2.05, 4.69) is 19.1 Å². The minimum Gasteiger partial charge on any atom is -0.493 e. The zero-order valence-corrected chi connectivity index (χ0v) is 11.3. The number of carbonyl (C=O) groups is 1. The lowest BCUT2D eigenvalue weighted by molar-refractivity contribution is -0.129. The van der Waals surface area contributed by atoms with Gasteiger partial charge in [-0.3, -0.25) is 4.79 Å². The Hall–Kier alpha value is -1.57. The fourth-order valence-electron chi connectivity index (χ4n) is 3.48. The SMILES string of the molecule is CC1(C(=O)CCOc2ccccc2)CC2C=CC1C2. The standard InChI is InChI=1S/C17H20O2/c1-17(12-13-7-8-14(17)11-13)16(18)9-10-19-15-5-3-2-4-6-15/h2-8,13-14H,9-12H2,1H3. The molecular weight excluding hydrogens is 236 g/mol. The summed E-state index contributed by atoms with van der Waals surface area (Å²) in [6, 6.07) is 9.69. The van der Waals surface area contributed by atoms with Crippen molar-refractivity contribution in [2.75, 3.05) is 6.61 Å². The molecule has 2 aliphatic rings. The van der Waals surface area contributed by atoms with E-state index in [9.17, 15) is 4.79 Å². The van der Waals surface area contributed by atoms with Gasteiger partial charge in [-0.05, 0) is 36.8 Å². The lowest BCUT2D eigenvalue weighted by atomic mass is 9.73. The van der Waals surface area contributed by atoms with E-state index in [4.69, 9.17) is 4.74 Å². The molecule has 2 bridgehead atoms. The van der Waals surface area contributed by atoms with Crippen LogP contribution in [0.3, 0.4) is 0 Å². The molecule has 3 rings (SSSR count). The Morgan fingerprint density at radius 3 is 2.74 bits per heavy atom. The third-order valence-corrected chi connectivity index (χ3v) is 4.65. The minimum absolute atomic E-state index is 0.139. The molecule has 0 saturated heterocycles. The van der Waals surface area contributed by atoms with Crippen LogP contribution in [0.25, 0.3) is 0 Å². The fraction of sp³-hybridized carbons (Fsp3) is 0.471. The van der Waals surface area contributed by atoms with Gasteiger partial charge in [0, 0.05) is 11.8 Å². The Balaban J connectivity index is 1.53. The van der Waals surface area contributed by atoms with Crippen LogP contribution >= 0.6 is 0 Å². The molecule has 19 heavy (non-hydrogen) atoms. The van der Waals surface area contributed by atoms with Crippen LogP contribution < -0.4 is 4.74 Å². The molecule has 0 aromatic heterocycles. The Bertz CT molecular complexity index is 491. The van der Waals surface area contributed by atoms with Gasteiger partial charge in [0.2, 0.25) is 0 Å². The van der Waals surface area contributed by atoms with Crippen LogP contribution in [0.1, 0.15) is 26.2 Å². The second-order valence-corrected chi connectivity index (χ2v) is 5.94. The molecular formula is C17H20O2. The van der Waals surface area contributed by atoms with Crippen LogP contribution in [-0.4, -0.2) is 12.4 Å². The molecule has 1 aromatic rings. The highest BCUT2D eigenvalue weighted by Gasteiger charge is 2.49. The summed E-state index contributed by atoms with van der Waals surface area (Å²) in [5, 5.41) is 0. The Morgan fingerprint density at radius 1 is 1.32 bits per heavy atom. The third kappa shape index (κ3) is 2.32. The van der Waals surface area contributed by atoms with Crippen LogP contribution in [0.5, 0.6) is 5.75 Å². The molecule has 0 aliphatic heterocycles. The number of benzene rings is 1. The molecule has 0 N–H and O–H groups in total. The molecule has 2 aliphatic carbocycles. The molecule has 2 nitrogen and oxygen atoms in total. The zero-order chi connectivity index (χ0) is 13.3. The highest BCUT2D eigenvalue weighted by atomic mass is 16.5. The number of carbonyl (C=O) groups excluding carboxylic acids is 1. The van der Waals surface area contributed by atoms with E-state index >= 15 is 0 Å². The molecule has 3 unspecified atom stereocenters. The van der Waals surface area contributed by atoms with Gasteiger partial charge in [-0.2, -0.15) is 0 Å². The van der Waals surface area contributed by atoms with Crippen LogP contribution in [-0.2, 0) is 4.79 Å². The van der Waals surface area contributed by atoms with Gasteiger partial charge in [-0.15, -0.1) is 0 Å². The highest BCUT2D eigenvalue weighted by molar-refractivity contribution is 5.85. The third-order valence-electron chi connectivity index (χ3n) is 4.65. The van der Waals surface area contributed by atoms with Gasteiger partial charge in [-0.25, -0.2) is 0 Å². The van der Waals surface area contributed by atoms with Crippen molar-refractivity contribution < 1.29 is 9.53 Å². The Morgan fingerprint density at radius 2 is 2.11 bits per heavy atom. The van der Waals surface area contributed by atoms with E-state index in [-0.39, 0.29) is 5.41 Å².